The third-order valence-electron chi connectivity index (χ3n) is 2.83. The van der Waals surface area contributed by atoms with Gasteiger partial charge in [0.15, 0.2) is 0 Å². The van der Waals surface area contributed by atoms with E-state index in [0.29, 0.717) is 17.0 Å². The van der Waals surface area contributed by atoms with Crippen LogP contribution < -0.4 is 15.8 Å². The van der Waals surface area contributed by atoms with E-state index in [1.54, 1.807) is 18.2 Å². The lowest BCUT2D eigenvalue weighted by atomic mass is 9.87. The van der Waals surface area contributed by atoms with Crippen molar-refractivity contribution in [3.8, 4) is 11.8 Å². The molecule has 102 valence electrons. The van der Waals surface area contributed by atoms with E-state index >= 15 is 0 Å². The van der Waals surface area contributed by atoms with Gasteiger partial charge in [-0.05, 0) is 17.5 Å². The van der Waals surface area contributed by atoms with E-state index in [2.05, 4.69) is 5.32 Å². The Bertz CT molecular complexity index is 512. The van der Waals surface area contributed by atoms with Gasteiger partial charge in [0.1, 0.15) is 17.5 Å². The van der Waals surface area contributed by atoms with Crippen molar-refractivity contribution in [1.29, 1.82) is 5.26 Å². The van der Waals surface area contributed by atoms with Gasteiger partial charge >= 0.3 is 0 Å². The fourth-order valence-corrected chi connectivity index (χ4v) is 1.52. The van der Waals surface area contributed by atoms with E-state index < -0.39 is 6.04 Å². The summed E-state index contributed by atoms with van der Waals surface area (Å²) in [6, 6.07) is 6.32. The standard InChI is InChI=1S/C14H19N3O2/c1-14(2,3)12(16)13(18)17-11-9(8-15)6-5-7-10(11)19-4/h5-7,12H,16H2,1-4H3,(H,17,18). The molecule has 0 aliphatic carbocycles. The number of nitrogens with two attached hydrogens (primary N) is 1. The summed E-state index contributed by atoms with van der Waals surface area (Å²) in [6.45, 7) is 5.64. The van der Waals surface area contributed by atoms with E-state index in [9.17, 15) is 4.79 Å². The molecule has 0 fully saturated rings. The first kappa shape index (κ1) is 15.0. The molecule has 1 unspecified atom stereocenters. The summed E-state index contributed by atoms with van der Waals surface area (Å²) in [5, 5.41) is 11.7. The van der Waals surface area contributed by atoms with Crippen LogP contribution in [0, 0.1) is 16.7 Å². The van der Waals surface area contributed by atoms with Gasteiger partial charge in [0.2, 0.25) is 5.91 Å². The average molecular weight is 261 g/mol. The number of para-hydroxylation sites is 1. The number of nitrogens with one attached hydrogen (secondary N) is 1. The van der Waals surface area contributed by atoms with Crippen molar-refractivity contribution in [3.05, 3.63) is 23.8 Å². The van der Waals surface area contributed by atoms with Gasteiger partial charge in [0.25, 0.3) is 0 Å². The van der Waals surface area contributed by atoms with Crippen LogP contribution >= 0.6 is 0 Å². The highest BCUT2D eigenvalue weighted by Gasteiger charge is 2.28. The number of amides is 1. The fourth-order valence-electron chi connectivity index (χ4n) is 1.52. The third kappa shape index (κ3) is 3.46. The van der Waals surface area contributed by atoms with Gasteiger partial charge < -0.3 is 15.8 Å². The van der Waals surface area contributed by atoms with Gasteiger partial charge in [-0.15, -0.1) is 0 Å². The molecule has 1 rings (SSSR count). The van der Waals surface area contributed by atoms with Crippen LogP contribution in [-0.4, -0.2) is 19.1 Å². The van der Waals surface area contributed by atoms with Gasteiger partial charge in [0.05, 0.1) is 18.7 Å². The van der Waals surface area contributed by atoms with Crippen molar-refractivity contribution in [2.24, 2.45) is 11.1 Å². The minimum absolute atomic E-state index is 0.339. The van der Waals surface area contributed by atoms with E-state index in [1.165, 1.54) is 7.11 Å². The topological polar surface area (TPSA) is 88.1 Å². The normalized spacial score (nSPS) is 12.4. The molecule has 0 spiro atoms. The minimum Gasteiger partial charge on any atom is -0.495 e. The first-order chi connectivity index (χ1) is 8.81. The summed E-state index contributed by atoms with van der Waals surface area (Å²) in [5.41, 5.74) is 6.23. The van der Waals surface area contributed by atoms with E-state index in [1.807, 2.05) is 26.8 Å². The number of rotatable bonds is 3. The lowest BCUT2D eigenvalue weighted by Crippen LogP contribution is -2.45. The first-order valence-corrected chi connectivity index (χ1v) is 5.94. The maximum Gasteiger partial charge on any atom is 0.241 e. The Morgan fingerprint density at radius 1 is 1.47 bits per heavy atom. The maximum absolute atomic E-state index is 12.1. The van der Waals surface area contributed by atoms with Crippen LogP contribution in [0.15, 0.2) is 18.2 Å². The number of anilines is 1. The Labute approximate surface area is 113 Å². The van der Waals surface area contributed by atoms with E-state index in [0.717, 1.165) is 0 Å². The molecular weight excluding hydrogens is 242 g/mol. The number of hydrogen-bond acceptors (Lipinski definition) is 4. The van der Waals surface area contributed by atoms with Crippen molar-refractivity contribution in [2.45, 2.75) is 26.8 Å². The Morgan fingerprint density at radius 3 is 2.58 bits per heavy atom. The maximum atomic E-state index is 12.1. The zero-order chi connectivity index (χ0) is 14.6. The molecule has 0 saturated carbocycles. The molecule has 1 aromatic rings. The van der Waals surface area contributed by atoms with Gasteiger partial charge in [0, 0.05) is 0 Å². The predicted octanol–water partition coefficient (Wildman–Crippen LogP) is 1.88. The molecule has 1 amide bonds. The van der Waals surface area contributed by atoms with Crippen molar-refractivity contribution < 1.29 is 9.53 Å². The number of methoxy groups -OCH3 is 1. The van der Waals surface area contributed by atoms with Gasteiger partial charge in [-0.2, -0.15) is 5.26 Å². The zero-order valence-corrected chi connectivity index (χ0v) is 11.7. The molecule has 1 atom stereocenters. The average Bonchev–Trinajstić information content (AvgIpc) is 2.36. The second-order valence-electron chi connectivity index (χ2n) is 5.33. The van der Waals surface area contributed by atoms with Gasteiger partial charge in [-0.3, -0.25) is 4.79 Å². The number of ether oxygens (including phenoxy) is 1. The molecule has 0 aromatic heterocycles. The second-order valence-corrected chi connectivity index (χ2v) is 5.33. The van der Waals surface area contributed by atoms with Crippen LogP contribution in [0.5, 0.6) is 5.75 Å². The quantitative estimate of drug-likeness (QED) is 0.869. The molecule has 0 radical (unpaired) electrons. The number of hydrogen-bond donors (Lipinski definition) is 2. The summed E-state index contributed by atoms with van der Waals surface area (Å²) in [6.07, 6.45) is 0. The molecule has 0 aliphatic rings. The molecule has 0 bridgehead atoms. The minimum atomic E-state index is -0.677. The van der Waals surface area contributed by atoms with Crippen LogP contribution in [0.1, 0.15) is 26.3 Å². The molecule has 1 aromatic carbocycles. The molecule has 19 heavy (non-hydrogen) atoms. The summed E-state index contributed by atoms with van der Waals surface area (Å²) >= 11 is 0. The summed E-state index contributed by atoms with van der Waals surface area (Å²) in [5.74, 6) is 0.0991. The molecule has 0 saturated heterocycles. The summed E-state index contributed by atoms with van der Waals surface area (Å²) < 4.78 is 5.15. The SMILES string of the molecule is COc1cccc(C#N)c1NC(=O)C(N)C(C)(C)C. The van der Waals surface area contributed by atoms with Gasteiger partial charge in [-0.25, -0.2) is 0 Å². The van der Waals surface area contributed by atoms with Crippen LogP contribution in [-0.2, 0) is 4.79 Å². The lowest BCUT2D eigenvalue weighted by molar-refractivity contribution is -0.119. The van der Waals surface area contributed by atoms with Crippen LogP contribution in [0.2, 0.25) is 0 Å². The van der Waals surface area contributed by atoms with Crippen molar-refractivity contribution in [3.63, 3.8) is 0 Å². The zero-order valence-electron chi connectivity index (χ0n) is 11.7. The Hall–Kier alpha value is -2.06. The van der Waals surface area contributed by atoms with E-state index in [-0.39, 0.29) is 11.3 Å². The van der Waals surface area contributed by atoms with Crippen LogP contribution in [0.3, 0.4) is 0 Å². The fraction of sp³-hybridized carbons (Fsp3) is 0.429. The second kappa shape index (κ2) is 5.72. The van der Waals surface area contributed by atoms with E-state index in [4.69, 9.17) is 15.7 Å². The number of carbonyl (C=O) groups is 1. The van der Waals surface area contributed by atoms with Crippen LogP contribution in [0.4, 0.5) is 5.69 Å². The number of nitrogens with zero attached hydrogens (tertiary/aromatic N) is 1. The highest BCUT2D eigenvalue weighted by atomic mass is 16.5. The Morgan fingerprint density at radius 2 is 2.11 bits per heavy atom. The smallest absolute Gasteiger partial charge is 0.241 e. The summed E-state index contributed by atoms with van der Waals surface area (Å²) in [4.78, 5) is 12.1. The van der Waals surface area contributed by atoms with Crippen LogP contribution in [0.25, 0.3) is 0 Å². The lowest BCUT2D eigenvalue weighted by Gasteiger charge is -2.26. The Balaban J connectivity index is 3.06. The molecule has 0 heterocycles. The van der Waals surface area contributed by atoms with Crippen molar-refractivity contribution >= 4 is 11.6 Å². The number of benzene rings is 1. The summed E-state index contributed by atoms with van der Waals surface area (Å²) in [7, 11) is 1.48. The molecule has 0 aliphatic heterocycles. The molecular formula is C14H19N3O2. The largest absolute Gasteiger partial charge is 0.495 e. The van der Waals surface area contributed by atoms with Crippen molar-refractivity contribution in [1.82, 2.24) is 0 Å². The highest BCUT2D eigenvalue weighted by Crippen LogP contribution is 2.29. The number of carbonyl (C=O) groups excluding carboxylic acids is 1. The number of nitriles is 1. The third-order valence-corrected chi connectivity index (χ3v) is 2.83. The first-order valence-electron chi connectivity index (χ1n) is 5.94. The highest BCUT2D eigenvalue weighted by molar-refractivity contribution is 5.97. The molecule has 5 nitrogen and oxygen atoms in total. The molecule has 3 N–H and O–H groups in total. The Kier molecular flexibility index (Phi) is 4.52. The monoisotopic (exact) mass is 261 g/mol. The van der Waals surface area contributed by atoms with Gasteiger partial charge in [-0.1, -0.05) is 26.8 Å². The van der Waals surface area contributed by atoms with Crippen molar-refractivity contribution in [2.75, 3.05) is 12.4 Å². The predicted molar refractivity (Wildman–Crippen MR) is 73.8 cm³/mol. The molecule has 5 heteroatoms.